The maximum absolute atomic E-state index is 12.1. The van der Waals surface area contributed by atoms with Gasteiger partial charge in [0, 0.05) is 6.20 Å². The number of para-hydroxylation sites is 1. The summed E-state index contributed by atoms with van der Waals surface area (Å²) >= 11 is 0. The second kappa shape index (κ2) is 9.15. The lowest BCUT2D eigenvalue weighted by atomic mass is 10.1. The molecule has 0 spiro atoms. The highest BCUT2D eigenvalue weighted by Crippen LogP contribution is 2.22. The Morgan fingerprint density at radius 2 is 1.92 bits per heavy atom. The minimum atomic E-state index is -1.07. The van der Waals surface area contributed by atoms with E-state index >= 15 is 0 Å². The summed E-state index contributed by atoms with van der Waals surface area (Å²) in [5, 5.41) is 22.3. The molecule has 0 fully saturated rings. The van der Waals surface area contributed by atoms with Crippen molar-refractivity contribution in [1.82, 2.24) is 10.3 Å². The molecule has 0 saturated carbocycles. The Kier molecular flexibility index (Phi) is 6.91. The van der Waals surface area contributed by atoms with E-state index in [2.05, 4.69) is 10.3 Å². The fourth-order valence-electron chi connectivity index (χ4n) is 2.53. The second-order valence-electron chi connectivity index (χ2n) is 5.88. The van der Waals surface area contributed by atoms with Crippen molar-refractivity contribution in [3.63, 3.8) is 0 Å². The molecule has 0 saturated heterocycles. The average Bonchev–Trinajstić information content (AvgIpc) is 2.62. The van der Waals surface area contributed by atoms with E-state index in [-0.39, 0.29) is 25.5 Å². The van der Waals surface area contributed by atoms with E-state index < -0.39 is 12.1 Å². The number of carbonyl (C=O) groups excluding carboxylic acids is 1. The van der Waals surface area contributed by atoms with Gasteiger partial charge < -0.3 is 20.3 Å². The molecule has 2 rings (SSSR count). The van der Waals surface area contributed by atoms with Crippen LogP contribution in [0.4, 0.5) is 0 Å². The Morgan fingerprint density at radius 1 is 1.20 bits per heavy atom. The van der Waals surface area contributed by atoms with Crippen molar-refractivity contribution in [2.24, 2.45) is 0 Å². The van der Waals surface area contributed by atoms with Gasteiger partial charge in [0.1, 0.15) is 11.9 Å². The van der Waals surface area contributed by atoms with Crippen LogP contribution in [0.25, 0.3) is 0 Å². The smallest absolute Gasteiger partial charge is 0.223 e. The summed E-state index contributed by atoms with van der Waals surface area (Å²) in [5.74, 6) is 0.475. The van der Waals surface area contributed by atoms with Gasteiger partial charge in [-0.1, -0.05) is 24.3 Å². The van der Waals surface area contributed by atoms with Gasteiger partial charge in [-0.05, 0) is 37.1 Å². The van der Waals surface area contributed by atoms with Crippen molar-refractivity contribution in [3.05, 3.63) is 59.4 Å². The van der Waals surface area contributed by atoms with Crippen molar-refractivity contribution in [2.45, 2.75) is 32.4 Å². The van der Waals surface area contributed by atoms with Crippen molar-refractivity contribution in [1.29, 1.82) is 0 Å². The number of aliphatic hydroxyl groups excluding tert-OH is 2. The van der Waals surface area contributed by atoms with Crippen LogP contribution in [-0.4, -0.2) is 40.4 Å². The molecule has 0 aliphatic rings. The third-order valence-corrected chi connectivity index (χ3v) is 3.90. The predicted molar refractivity (Wildman–Crippen MR) is 94.2 cm³/mol. The van der Waals surface area contributed by atoms with Crippen molar-refractivity contribution >= 4 is 5.91 Å². The monoisotopic (exact) mass is 344 g/mol. The average molecular weight is 344 g/mol. The van der Waals surface area contributed by atoms with E-state index in [1.807, 2.05) is 32.0 Å². The number of benzene rings is 1. The molecule has 1 amide bonds. The van der Waals surface area contributed by atoms with Gasteiger partial charge in [-0.2, -0.15) is 0 Å². The number of amides is 1. The number of nitrogens with one attached hydrogen (secondary N) is 1. The standard InChI is InChI=1S/C19H24N2O4/c1-13-6-5-7-14(2)19(13)25-11-9-17(23)21-16(12-22)18(24)15-8-3-4-10-20-15/h3-8,10,16,18,22,24H,9,11-12H2,1-2H3,(H,21,23)/t16-,18+/m1/s1. The molecular weight excluding hydrogens is 320 g/mol. The number of pyridine rings is 1. The summed E-state index contributed by atoms with van der Waals surface area (Å²) in [6.45, 7) is 3.73. The zero-order valence-electron chi connectivity index (χ0n) is 14.5. The quantitative estimate of drug-likeness (QED) is 0.678. The van der Waals surface area contributed by atoms with Gasteiger partial charge in [0.05, 0.1) is 31.4 Å². The van der Waals surface area contributed by atoms with Crippen molar-refractivity contribution in [3.8, 4) is 5.75 Å². The molecule has 2 atom stereocenters. The Morgan fingerprint density at radius 3 is 2.52 bits per heavy atom. The molecule has 134 valence electrons. The third kappa shape index (κ3) is 5.27. The minimum absolute atomic E-state index is 0.124. The fourth-order valence-corrected chi connectivity index (χ4v) is 2.53. The highest BCUT2D eigenvalue weighted by atomic mass is 16.5. The second-order valence-corrected chi connectivity index (χ2v) is 5.88. The first-order valence-corrected chi connectivity index (χ1v) is 8.21. The van der Waals surface area contributed by atoms with Gasteiger partial charge in [0.25, 0.3) is 0 Å². The lowest BCUT2D eigenvalue weighted by molar-refractivity contribution is -0.123. The molecule has 1 aromatic heterocycles. The van der Waals surface area contributed by atoms with Crippen molar-refractivity contribution in [2.75, 3.05) is 13.2 Å². The summed E-state index contributed by atoms with van der Waals surface area (Å²) in [6.07, 6.45) is 0.599. The maximum Gasteiger partial charge on any atom is 0.223 e. The summed E-state index contributed by atoms with van der Waals surface area (Å²) in [5.41, 5.74) is 2.42. The number of rotatable bonds is 8. The van der Waals surface area contributed by atoms with E-state index in [1.165, 1.54) is 0 Å². The minimum Gasteiger partial charge on any atom is -0.493 e. The molecule has 0 unspecified atom stereocenters. The summed E-state index contributed by atoms with van der Waals surface area (Å²) in [4.78, 5) is 16.1. The summed E-state index contributed by atoms with van der Waals surface area (Å²) in [6, 6.07) is 10.1. The maximum atomic E-state index is 12.1. The molecule has 3 N–H and O–H groups in total. The molecule has 25 heavy (non-hydrogen) atoms. The third-order valence-electron chi connectivity index (χ3n) is 3.90. The van der Waals surface area contributed by atoms with Crippen LogP contribution >= 0.6 is 0 Å². The Labute approximate surface area is 147 Å². The van der Waals surface area contributed by atoms with Crippen LogP contribution in [0.15, 0.2) is 42.6 Å². The SMILES string of the molecule is Cc1cccc(C)c1OCCC(=O)N[C@H](CO)[C@@H](O)c1ccccn1. The van der Waals surface area contributed by atoms with Gasteiger partial charge in [0.2, 0.25) is 5.91 Å². The number of carbonyl (C=O) groups is 1. The number of aryl methyl sites for hydroxylation is 2. The van der Waals surface area contributed by atoms with E-state index in [9.17, 15) is 15.0 Å². The topological polar surface area (TPSA) is 91.7 Å². The summed E-state index contributed by atoms with van der Waals surface area (Å²) < 4.78 is 5.70. The van der Waals surface area contributed by atoms with E-state index in [4.69, 9.17) is 4.74 Å². The van der Waals surface area contributed by atoms with E-state index in [0.717, 1.165) is 16.9 Å². The van der Waals surface area contributed by atoms with Crippen LogP contribution in [-0.2, 0) is 4.79 Å². The zero-order valence-corrected chi connectivity index (χ0v) is 14.5. The molecule has 1 aromatic carbocycles. The van der Waals surface area contributed by atoms with Crippen LogP contribution in [0.1, 0.15) is 29.3 Å². The molecule has 0 aliphatic heterocycles. The molecule has 1 heterocycles. The normalized spacial score (nSPS) is 13.1. The molecule has 6 nitrogen and oxygen atoms in total. The first-order chi connectivity index (χ1) is 12.0. The van der Waals surface area contributed by atoms with Crippen molar-refractivity contribution < 1.29 is 19.7 Å². The highest BCUT2D eigenvalue weighted by Gasteiger charge is 2.23. The number of aromatic nitrogens is 1. The number of aliphatic hydroxyl groups is 2. The van der Waals surface area contributed by atoms with Crippen LogP contribution in [0.3, 0.4) is 0 Å². The number of hydrogen-bond acceptors (Lipinski definition) is 5. The van der Waals surface area contributed by atoms with Crippen LogP contribution < -0.4 is 10.1 Å². The van der Waals surface area contributed by atoms with Gasteiger partial charge in [-0.15, -0.1) is 0 Å². The zero-order chi connectivity index (χ0) is 18.2. The molecular formula is C19H24N2O4. The number of ether oxygens (including phenoxy) is 1. The Hall–Kier alpha value is -2.44. The molecule has 2 aromatic rings. The van der Waals surface area contributed by atoms with Gasteiger partial charge in [0.15, 0.2) is 0 Å². The van der Waals surface area contributed by atoms with E-state index in [1.54, 1.807) is 24.4 Å². The van der Waals surface area contributed by atoms with Crippen LogP contribution in [0.2, 0.25) is 0 Å². The van der Waals surface area contributed by atoms with Gasteiger partial charge in [-0.3, -0.25) is 9.78 Å². The first kappa shape index (κ1) is 18.9. The molecule has 0 aliphatic carbocycles. The fraction of sp³-hybridized carbons (Fsp3) is 0.368. The number of nitrogens with zero attached hydrogens (tertiary/aromatic N) is 1. The lowest BCUT2D eigenvalue weighted by Crippen LogP contribution is -2.42. The molecule has 0 bridgehead atoms. The van der Waals surface area contributed by atoms with Crippen LogP contribution in [0, 0.1) is 13.8 Å². The number of hydrogen-bond donors (Lipinski definition) is 3. The highest BCUT2D eigenvalue weighted by molar-refractivity contribution is 5.76. The van der Waals surface area contributed by atoms with Crippen LogP contribution in [0.5, 0.6) is 5.75 Å². The summed E-state index contributed by atoms with van der Waals surface area (Å²) in [7, 11) is 0. The Bertz CT molecular complexity index is 671. The first-order valence-electron chi connectivity index (χ1n) is 8.21. The molecule has 6 heteroatoms. The van der Waals surface area contributed by atoms with Gasteiger partial charge in [-0.25, -0.2) is 0 Å². The lowest BCUT2D eigenvalue weighted by Gasteiger charge is -2.22. The van der Waals surface area contributed by atoms with E-state index in [0.29, 0.717) is 5.69 Å². The molecule has 0 radical (unpaired) electrons. The van der Waals surface area contributed by atoms with Gasteiger partial charge >= 0.3 is 0 Å². The predicted octanol–water partition coefficient (Wildman–Crippen LogP) is 1.68. The Balaban J connectivity index is 1.86. The largest absolute Gasteiger partial charge is 0.493 e.